The van der Waals surface area contributed by atoms with E-state index in [0.717, 1.165) is 45.4 Å². The van der Waals surface area contributed by atoms with Gasteiger partial charge in [-0.2, -0.15) is 22.3 Å². The number of ether oxygens (including phenoxy) is 2. The average Bonchev–Trinajstić information content (AvgIpc) is 3.03. The van der Waals surface area contributed by atoms with E-state index in [0.29, 0.717) is 10.8 Å². The first-order chi connectivity index (χ1) is 15.7. The number of methoxy groups -OCH3 is 1. The number of aromatic nitrogens is 1. The summed E-state index contributed by atoms with van der Waals surface area (Å²) < 4.78 is 80.4. The van der Waals surface area contributed by atoms with Crippen molar-refractivity contribution in [3.8, 4) is 5.75 Å². The molecule has 13 heteroatoms. The molecule has 0 radical (unpaired) electrons. The fourth-order valence-corrected chi connectivity index (χ4v) is 3.95. The summed E-state index contributed by atoms with van der Waals surface area (Å²) in [7, 11) is 1.01. The molecular weight excluding hydrogens is 469 g/mol. The number of alkyl halides is 3. The maximum atomic E-state index is 14.4. The van der Waals surface area contributed by atoms with E-state index >= 15 is 0 Å². The maximum Gasteiger partial charge on any atom is 0.417 e. The standard InChI is InChI=1S/C21H20F5N3O5/c1-9-14(11-4-5-12(22)15(23)16(11)33-3)17(34-20(9,2)21(24,25)26)19(31)28-10-6-7-29(32)13(8-10)18(27)30/h4-9,14,17,32H,1-3H3,(H2,27,30)/t9-,14-,17+,20+/m0/s1. The summed E-state index contributed by atoms with van der Waals surface area (Å²) in [5, 5.41) is 9.39. The zero-order valence-corrected chi connectivity index (χ0v) is 18.1. The van der Waals surface area contributed by atoms with Crippen molar-refractivity contribution in [1.82, 2.24) is 4.73 Å². The minimum Gasteiger partial charge on any atom is -0.493 e. The van der Waals surface area contributed by atoms with E-state index in [1.54, 1.807) is 0 Å². The van der Waals surface area contributed by atoms with Gasteiger partial charge in [-0.15, -0.1) is 0 Å². The lowest BCUT2D eigenvalue weighted by Gasteiger charge is -2.32. The molecule has 1 aromatic heterocycles. The van der Waals surface area contributed by atoms with E-state index in [1.807, 2.05) is 0 Å². The molecule has 3 N–H and O–H groups in total. The summed E-state index contributed by atoms with van der Waals surface area (Å²) in [5.74, 6) is -8.53. The molecule has 0 bridgehead atoms. The van der Waals surface area contributed by atoms with Gasteiger partial charge in [-0.05, 0) is 25.1 Å². The lowest BCUT2D eigenvalue weighted by Crippen LogP contribution is -2.47. The minimum atomic E-state index is -4.93. The van der Waals surface area contributed by atoms with Gasteiger partial charge in [0, 0.05) is 23.6 Å². The molecule has 34 heavy (non-hydrogen) atoms. The zero-order chi connectivity index (χ0) is 25.6. The second kappa shape index (κ2) is 8.70. The monoisotopic (exact) mass is 489 g/mol. The van der Waals surface area contributed by atoms with Crippen LogP contribution >= 0.6 is 0 Å². The quantitative estimate of drug-likeness (QED) is 0.506. The number of amides is 2. The Labute approximate surface area is 189 Å². The third-order valence-corrected chi connectivity index (χ3v) is 5.97. The van der Waals surface area contributed by atoms with E-state index in [-0.39, 0.29) is 10.9 Å². The number of benzene rings is 1. The van der Waals surface area contributed by atoms with Crippen LogP contribution in [0.25, 0.3) is 0 Å². The number of hydrogen-bond donors (Lipinski definition) is 2. The molecule has 184 valence electrons. The Morgan fingerprint density at radius 1 is 1.26 bits per heavy atom. The van der Waals surface area contributed by atoms with Crippen LogP contribution in [0, 0.1) is 17.6 Å². The second-order valence-corrected chi connectivity index (χ2v) is 7.87. The molecule has 1 aliphatic rings. The van der Waals surface area contributed by atoms with Crippen molar-refractivity contribution < 1.29 is 46.2 Å². The molecule has 2 aromatic rings. The van der Waals surface area contributed by atoms with Gasteiger partial charge < -0.3 is 20.4 Å². The maximum absolute atomic E-state index is 14.4. The average molecular weight is 489 g/mol. The Bertz CT molecular complexity index is 1210. The van der Waals surface area contributed by atoms with E-state index in [1.165, 1.54) is 0 Å². The Morgan fingerprint density at radius 3 is 2.47 bits per heavy atom. The predicted octanol–water partition coefficient (Wildman–Crippen LogP) is 2.68. The van der Waals surface area contributed by atoms with Gasteiger partial charge in [0.1, 0.15) is 11.8 Å². The summed E-state index contributed by atoms with van der Waals surface area (Å²) >= 11 is 0. The van der Waals surface area contributed by atoms with Gasteiger partial charge in [-0.3, -0.25) is 9.59 Å². The highest BCUT2D eigenvalue weighted by atomic mass is 19.4. The van der Waals surface area contributed by atoms with Crippen molar-refractivity contribution in [2.24, 2.45) is 16.6 Å². The van der Waals surface area contributed by atoms with Crippen LogP contribution in [0.5, 0.6) is 5.75 Å². The van der Waals surface area contributed by atoms with Crippen molar-refractivity contribution in [1.29, 1.82) is 0 Å². The number of nitrogens with zero attached hydrogens (tertiary/aromatic N) is 2. The number of halogens is 5. The fraction of sp³-hybridized carbons (Fsp3) is 0.381. The van der Waals surface area contributed by atoms with Gasteiger partial charge in [0.15, 0.2) is 17.2 Å². The number of primary amides is 1. The lowest BCUT2D eigenvalue weighted by molar-refractivity contribution is -0.272. The van der Waals surface area contributed by atoms with Crippen LogP contribution in [-0.4, -0.2) is 46.7 Å². The summed E-state index contributed by atoms with van der Waals surface area (Å²) in [4.78, 5) is 28.1. The molecule has 0 spiro atoms. The summed E-state index contributed by atoms with van der Waals surface area (Å²) in [6.45, 7) is 1.90. The van der Waals surface area contributed by atoms with Crippen molar-refractivity contribution in [3.05, 3.63) is 58.7 Å². The van der Waals surface area contributed by atoms with Crippen LogP contribution < -0.4 is 15.8 Å². The Morgan fingerprint density at radius 2 is 1.91 bits per heavy atom. The SMILES string of the molecule is COc1c([C@H]2[C@H](C(=O)N=c3ccn(O)c(C(N)=O)c3)O[C@@](C)(C(F)(F)F)[C@H]2C)ccc(F)c1F. The van der Waals surface area contributed by atoms with E-state index in [4.69, 9.17) is 15.2 Å². The topological polar surface area (TPSA) is 116 Å². The van der Waals surface area contributed by atoms with Crippen LogP contribution in [0.4, 0.5) is 22.0 Å². The highest BCUT2D eigenvalue weighted by Crippen LogP contribution is 2.55. The highest BCUT2D eigenvalue weighted by molar-refractivity contribution is 5.91. The second-order valence-electron chi connectivity index (χ2n) is 7.87. The highest BCUT2D eigenvalue weighted by Gasteiger charge is 2.65. The summed E-state index contributed by atoms with van der Waals surface area (Å²) in [5.41, 5.74) is 1.61. The molecule has 0 unspecified atom stereocenters. The van der Waals surface area contributed by atoms with Crippen LogP contribution in [0.2, 0.25) is 0 Å². The Hall–Kier alpha value is -3.48. The number of rotatable bonds is 4. The third kappa shape index (κ3) is 4.11. The van der Waals surface area contributed by atoms with Crippen LogP contribution in [0.1, 0.15) is 35.8 Å². The Kier molecular flexibility index (Phi) is 6.44. The largest absolute Gasteiger partial charge is 0.493 e. The first kappa shape index (κ1) is 25.1. The van der Waals surface area contributed by atoms with Gasteiger partial charge in [0.05, 0.1) is 12.5 Å². The van der Waals surface area contributed by atoms with Gasteiger partial charge in [0.25, 0.3) is 11.8 Å². The minimum absolute atomic E-state index is 0.211. The fourth-order valence-electron chi connectivity index (χ4n) is 3.95. The van der Waals surface area contributed by atoms with Crippen LogP contribution in [0.3, 0.4) is 0 Å². The lowest BCUT2D eigenvalue weighted by atomic mass is 9.77. The van der Waals surface area contributed by atoms with E-state index in [2.05, 4.69) is 4.99 Å². The molecule has 0 saturated carbocycles. The summed E-state index contributed by atoms with van der Waals surface area (Å²) in [6.07, 6.45) is -5.86. The number of pyridine rings is 1. The number of hydrogen-bond acceptors (Lipinski definition) is 5. The molecule has 3 rings (SSSR count). The molecule has 1 aromatic carbocycles. The normalized spacial score (nSPS) is 25.4. The van der Waals surface area contributed by atoms with Crippen LogP contribution in [0.15, 0.2) is 35.5 Å². The Balaban J connectivity index is 2.18. The van der Waals surface area contributed by atoms with Gasteiger partial charge in [-0.1, -0.05) is 13.0 Å². The molecule has 2 amide bonds. The first-order valence-electron chi connectivity index (χ1n) is 9.79. The smallest absolute Gasteiger partial charge is 0.417 e. The van der Waals surface area contributed by atoms with Gasteiger partial charge in [-0.25, -0.2) is 9.38 Å². The van der Waals surface area contributed by atoms with E-state index in [9.17, 15) is 36.7 Å². The van der Waals surface area contributed by atoms with E-state index < -0.39 is 64.6 Å². The predicted molar refractivity (Wildman–Crippen MR) is 105 cm³/mol. The molecule has 8 nitrogen and oxygen atoms in total. The van der Waals surface area contributed by atoms with Crippen molar-refractivity contribution in [3.63, 3.8) is 0 Å². The molecule has 1 fully saturated rings. The zero-order valence-electron chi connectivity index (χ0n) is 18.1. The molecule has 4 atom stereocenters. The van der Waals surface area contributed by atoms with Crippen molar-refractivity contribution in [2.75, 3.05) is 7.11 Å². The third-order valence-electron chi connectivity index (χ3n) is 5.97. The molecular formula is C21H20F5N3O5. The van der Waals surface area contributed by atoms with Crippen molar-refractivity contribution >= 4 is 11.8 Å². The molecule has 1 aliphatic heterocycles. The molecule has 2 heterocycles. The van der Waals surface area contributed by atoms with Gasteiger partial charge in [0.2, 0.25) is 5.82 Å². The number of carbonyl (C=O) groups excluding carboxylic acids is 2. The molecule has 0 aliphatic carbocycles. The van der Waals surface area contributed by atoms with Gasteiger partial charge >= 0.3 is 6.18 Å². The van der Waals surface area contributed by atoms with Crippen LogP contribution in [-0.2, 0) is 9.53 Å². The summed E-state index contributed by atoms with van der Waals surface area (Å²) in [6, 6.07) is 3.76. The first-order valence-corrected chi connectivity index (χ1v) is 9.79. The number of nitrogens with two attached hydrogens (primary N) is 1. The molecule has 1 saturated heterocycles. The van der Waals surface area contributed by atoms with Crippen molar-refractivity contribution in [2.45, 2.75) is 37.6 Å². The number of carbonyl (C=O) groups is 2.